The molecular formula is C6H11NO3. The van der Waals surface area contributed by atoms with Crippen LogP contribution in [0.2, 0.25) is 0 Å². The van der Waals surface area contributed by atoms with E-state index in [2.05, 4.69) is 4.74 Å². The van der Waals surface area contributed by atoms with Gasteiger partial charge in [0.15, 0.2) is 0 Å². The summed E-state index contributed by atoms with van der Waals surface area (Å²) in [6.07, 6.45) is 0.765. The molecule has 0 aromatic heterocycles. The van der Waals surface area contributed by atoms with Gasteiger partial charge in [-0.1, -0.05) is 0 Å². The molecule has 0 spiro atoms. The number of carbonyl (C=O) groups excluding carboxylic acids is 1. The number of esters is 1. The van der Waals surface area contributed by atoms with Crippen molar-refractivity contribution in [2.24, 2.45) is 5.73 Å². The highest BCUT2D eigenvalue weighted by Crippen LogP contribution is 2.14. The summed E-state index contributed by atoms with van der Waals surface area (Å²) < 4.78 is 9.31. The molecular weight excluding hydrogens is 134 g/mol. The first-order valence-corrected chi connectivity index (χ1v) is 3.19. The van der Waals surface area contributed by atoms with Gasteiger partial charge in [0.1, 0.15) is 6.04 Å². The molecule has 58 valence electrons. The smallest absolute Gasteiger partial charge is 0.322 e. The molecule has 0 amide bonds. The number of hydrogen-bond acceptors (Lipinski definition) is 4. The summed E-state index contributed by atoms with van der Waals surface area (Å²) in [5.41, 5.74) is 5.41. The molecule has 0 bridgehead atoms. The Morgan fingerprint density at radius 1 is 2.00 bits per heavy atom. The summed E-state index contributed by atoms with van der Waals surface area (Å²) in [5, 5.41) is 0. The van der Waals surface area contributed by atoms with Gasteiger partial charge in [-0.3, -0.25) is 4.79 Å². The molecule has 1 heterocycles. The first-order chi connectivity index (χ1) is 4.74. The minimum Gasteiger partial charge on any atom is -0.468 e. The molecule has 10 heavy (non-hydrogen) atoms. The predicted octanol–water partition coefficient (Wildman–Crippen LogP) is -0.724. The van der Waals surface area contributed by atoms with Crippen LogP contribution in [0.15, 0.2) is 0 Å². The first-order valence-electron chi connectivity index (χ1n) is 3.19. The van der Waals surface area contributed by atoms with E-state index >= 15 is 0 Å². The number of hydrogen-bond donors (Lipinski definition) is 1. The molecule has 1 aliphatic rings. The third-order valence-electron chi connectivity index (χ3n) is 1.42. The van der Waals surface area contributed by atoms with Crippen molar-refractivity contribution in [1.82, 2.24) is 0 Å². The second-order valence-corrected chi connectivity index (χ2v) is 2.32. The summed E-state index contributed by atoms with van der Waals surface area (Å²) in [7, 11) is 1.33. The van der Waals surface area contributed by atoms with Crippen molar-refractivity contribution in [2.45, 2.75) is 18.6 Å². The highest BCUT2D eigenvalue weighted by Gasteiger charge is 2.28. The van der Waals surface area contributed by atoms with Crippen molar-refractivity contribution in [3.8, 4) is 0 Å². The van der Waals surface area contributed by atoms with Crippen LogP contribution in [0.3, 0.4) is 0 Å². The van der Waals surface area contributed by atoms with E-state index in [9.17, 15) is 4.79 Å². The van der Waals surface area contributed by atoms with E-state index in [0.29, 0.717) is 6.42 Å². The molecule has 0 aromatic carbocycles. The average Bonchev–Trinajstić information content (AvgIpc) is 2.70. The molecule has 4 heteroatoms. The number of carbonyl (C=O) groups is 1. The molecule has 0 radical (unpaired) electrons. The Morgan fingerprint density at radius 3 is 3.00 bits per heavy atom. The lowest BCUT2D eigenvalue weighted by atomic mass is 10.2. The van der Waals surface area contributed by atoms with Crippen molar-refractivity contribution >= 4 is 5.97 Å². The fourth-order valence-electron chi connectivity index (χ4n) is 0.735. The topological polar surface area (TPSA) is 64.8 Å². The van der Waals surface area contributed by atoms with Gasteiger partial charge in [0.25, 0.3) is 0 Å². The largest absolute Gasteiger partial charge is 0.468 e. The Balaban J connectivity index is 2.18. The fourth-order valence-corrected chi connectivity index (χ4v) is 0.735. The third-order valence-corrected chi connectivity index (χ3v) is 1.42. The Labute approximate surface area is 59.3 Å². The minimum atomic E-state index is -0.516. The van der Waals surface area contributed by atoms with Crippen LogP contribution in [0.25, 0.3) is 0 Å². The molecule has 0 aliphatic carbocycles. The van der Waals surface area contributed by atoms with Crippen LogP contribution in [0.4, 0.5) is 0 Å². The monoisotopic (exact) mass is 145 g/mol. The van der Waals surface area contributed by atoms with Gasteiger partial charge < -0.3 is 15.2 Å². The standard InChI is InChI=1S/C6H11NO3/c1-9-6(8)5(7)2-4-3-10-4/h4-5H,2-3,7H2,1H3. The number of epoxide rings is 1. The van der Waals surface area contributed by atoms with Crippen LogP contribution in [0, 0.1) is 0 Å². The van der Waals surface area contributed by atoms with Gasteiger partial charge in [-0.05, 0) is 0 Å². The maximum absolute atomic E-state index is 10.7. The molecule has 1 aliphatic heterocycles. The van der Waals surface area contributed by atoms with Gasteiger partial charge in [0.05, 0.1) is 19.8 Å². The van der Waals surface area contributed by atoms with Crippen molar-refractivity contribution in [1.29, 1.82) is 0 Å². The van der Waals surface area contributed by atoms with Gasteiger partial charge in [0.2, 0.25) is 0 Å². The van der Waals surface area contributed by atoms with E-state index < -0.39 is 6.04 Å². The fraction of sp³-hybridized carbons (Fsp3) is 0.833. The summed E-state index contributed by atoms with van der Waals surface area (Å²) in [4.78, 5) is 10.7. The summed E-state index contributed by atoms with van der Waals surface area (Å²) in [5.74, 6) is -0.365. The second-order valence-electron chi connectivity index (χ2n) is 2.32. The quantitative estimate of drug-likeness (QED) is 0.420. The van der Waals surface area contributed by atoms with Crippen molar-refractivity contribution in [3.63, 3.8) is 0 Å². The Hall–Kier alpha value is -0.610. The van der Waals surface area contributed by atoms with E-state index in [1.807, 2.05) is 0 Å². The number of ether oxygens (including phenoxy) is 2. The van der Waals surface area contributed by atoms with Crippen LogP contribution in [0.5, 0.6) is 0 Å². The van der Waals surface area contributed by atoms with Crippen LogP contribution >= 0.6 is 0 Å². The number of rotatable bonds is 3. The summed E-state index contributed by atoms with van der Waals surface area (Å²) in [6, 6.07) is -0.516. The Bertz CT molecular complexity index is 133. The van der Waals surface area contributed by atoms with E-state index in [4.69, 9.17) is 10.5 Å². The van der Waals surface area contributed by atoms with Crippen LogP contribution < -0.4 is 5.73 Å². The van der Waals surface area contributed by atoms with Crippen molar-refractivity contribution in [3.05, 3.63) is 0 Å². The minimum absolute atomic E-state index is 0.189. The zero-order valence-electron chi connectivity index (χ0n) is 5.87. The highest BCUT2D eigenvalue weighted by atomic mass is 16.6. The molecule has 1 saturated heterocycles. The van der Waals surface area contributed by atoms with Gasteiger partial charge in [0, 0.05) is 6.42 Å². The second kappa shape index (κ2) is 2.98. The van der Waals surface area contributed by atoms with Gasteiger partial charge in [-0.25, -0.2) is 0 Å². The normalized spacial score (nSPS) is 25.6. The third kappa shape index (κ3) is 1.97. The number of nitrogens with two attached hydrogens (primary N) is 1. The SMILES string of the molecule is COC(=O)C(N)CC1CO1. The van der Waals surface area contributed by atoms with Gasteiger partial charge in [-0.2, -0.15) is 0 Å². The molecule has 1 rings (SSSR count). The van der Waals surface area contributed by atoms with Crippen molar-refractivity contribution in [2.75, 3.05) is 13.7 Å². The van der Waals surface area contributed by atoms with Crippen LogP contribution in [0.1, 0.15) is 6.42 Å². The zero-order valence-corrected chi connectivity index (χ0v) is 5.87. The maximum atomic E-state index is 10.7. The van der Waals surface area contributed by atoms with Crippen LogP contribution in [-0.4, -0.2) is 31.8 Å². The summed E-state index contributed by atoms with van der Waals surface area (Å²) in [6.45, 7) is 0.727. The first kappa shape index (κ1) is 7.50. The summed E-state index contributed by atoms with van der Waals surface area (Å²) >= 11 is 0. The van der Waals surface area contributed by atoms with E-state index in [0.717, 1.165) is 6.61 Å². The Kier molecular flexibility index (Phi) is 2.24. The molecule has 1 fully saturated rings. The van der Waals surface area contributed by atoms with Crippen LogP contribution in [-0.2, 0) is 14.3 Å². The highest BCUT2D eigenvalue weighted by molar-refractivity contribution is 5.75. The maximum Gasteiger partial charge on any atom is 0.322 e. The number of methoxy groups -OCH3 is 1. The van der Waals surface area contributed by atoms with E-state index in [-0.39, 0.29) is 12.1 Å². The van der Waals surface area contributed by atoms with Gasteiger partial charge in [-0.15, -0.1) is 0 Å². The van der Waals surface area contributed by atoms with E-state index in [1.54, 1.807) is 0 Å². The average molecular weight is 145 g/mol. The van der Waals surface area contributed by atoms with E-state index in [1.165, 1.54) is 7.11 Å². The van der Waals surface area contributed by atoms with Crippen molar-refractivity contribution < 1.29 is 14.3 Å². The molecule has 2 N–H and O–H groups in total. The zero-order chi connectivity index (χ0) is 7.56. The predicted molar refractivity (Wildman–Crippen MR) is 34.3 cm³/mol. The lowest BCUT2D eigenvalue weighted by Gasteiger charge is -2.05. The molecule has 0 aromatic rings. The molecule has 2 atom stereocenters. The lowest BCUT2D eigenvalue weighted by molar-refractivity contribution is -0.142. The molecule has 0 saturated carbocycles. The molecule has 2 unspecified atom stereocenters. The Morgan fingerprint density at radius 2 is 2.60 bits per heavy atom. The molecule has 4 nitrogen and oxygen atoms in total. The van der Waals surface area contributed by atoms with Gasteiger partial charge >= 0.3 is 5.97 Å². The lowest BCUT2D eigenvalue weighted by Crippen LogP contribution is -2.32.